The average Bonchev–Trinajstić information content (AvgIpc) is 3.06. The Kier molecular flexibility index (Phi) is 4.19. The number of rotatable bonds is 6. The van der Waals surface area contributed by atoms with E-state index in [9.17, 15) is 9.59 Å². The molecule has 2 N–H and O–H groups in total. The first kappa shape index (κ1) is 13.3. The number of aliphatic carboxylic acids is 1. The fraction of sp³-hybridized carbons (Fsp3) is 0.833. The third-order valence-corrected chi connectivity index (χ3v) is 3.61. The maximum Gasteiger partial charge on any atom is 0.305 e. The largest absolute Gasteiger partial charge is 0.481 e. The van der Waals surface area contributed by atoms with Crippen molar-refractivity contribution in [3.8, 4) is 0 Å². The van der Waals surface area contributed by atoms with Gasteiger partial charge >= 0.3 is 5.97 Å². The van der Waals surface area contributed by atoms with Gasteiger partial charge < -0.3 is 20.1 Å². The molecule has 0 spiro atoms. The minimum Gasteiger partial charge on any atom is -0.481 e. The number of hydrogen-bond donors (Lipinski definition) is 2. The first-order chi connectivity index (χ1) is 8.63. The number of hydrogen-bond acceptors (Lipinski definition) is 4. The predicted octanol–water partition coefficient (Wildman–Crippen LogP) is -0.313. The summed E-state index contributed by atoms with van der Waals surface area (Å²) >= 11 is 0. The number of carboxylic acid groups (broad SMARTS) is 1. The minimum absolute atomic E-state index is 0.0139. The lowest BCUT2D eigenvalue weighted by Gasteiger charge is -2.27. The maximum atomic E-state index is 12.4. The van der Waals surface area contributed by atoms with Gasteiger partial charge in [-0.3, -0.25) is 9.59 Å². The Balaban J connectivity index is 1.96. The van der Waals surface area contributed by atoms with Crippen molar-refractivity contribution in [3.63, 3.8) is 0 Å². The van der Waals surface area contributed by atoms with Crippen LogP contribution in [0.3, 0.4) is 0 Å². The zero-order valence-electron chi connectivity index (χ0n) is 10.6. The zero-order chi connectivity index (χ0) is 13.1. The van der Waals surface area contributed by atoms with Crippen LogP contribution in [0.5, 0.6) is 0 Å². The maximum absolute atomic E-state index is 12.4. The molecule has 6 heteroatoms. The SMILES string of the molecule is CNC1COCC1C(=O)N(CCC(=O)O)C1CC1. The topological polar surface area (TPSA) is 78.9 Å². The fourth-order valence-corrected chi connectivity index (χ4v) is 2.37. The molecule has 0 aromatic heterocycles. The normalized spacial score (nSPS) is 27.2. The quantitative estimate of drug-likeness (QED) is 0.681. The number of carboxylic acids is 1. The first-order valence-corrected chi connectivity index (χ1v) is 6.40. The van der Waals surface area contributed by atoms with Crippen molar-refractivity contribution in [2.75, 3.05) is 26.8 Å². The van der Waals surface area contributed by atoms with Crippen LogP contribution in [0.15, 0.2) is 0 Å². The second-order valence-electron chi connectivity index (χ2n) is 4.95. The molecule has 2 aliphatic rings. The van der Waals surface area contributed by atoms with Gasteiger partial charge in [0.2, 0.25) is 5.91 Å². The van der Waals surface area contributed by atoms with Crippen LogP contribution in [0.1, 0.15) is 19.3 Å². The third-order valence-electron chi connectivity index (χ3n) is 3.61. The van der Waals surface area contributed by atoms with Gasteiger partial charge in [0.05, 0.1) is 25.6 Å². The zero-order valence-corrected chi connectivity index (χ0v) is 10.6. The molecule has 0 aromatic carbocycles. The van der Waals surface area contributed by atoms with Gasteiger partial charge in [0.25, 0.3) is 0 Å². The summed E-state index contributed by atoms with van der Waals surface area (Å²) in [5, 5.41) is 11.8. The van der Waals surface area contributed by atoms with E-state index in [1.165, 1.54) is 0 Å². The van der Waals surface area contributed by atoms with E-state index >= 15 is 0 Å². The molecule has 0 bridgehead atoms. The molecule has 102 valence electrons. The average molecular weight is 256 g/mol. The van der Waals surface area contributed by atoms with Crippen molar-refractivity contribution in [2.24, 2.45) is 5.92 Å². The van der Waals surface area contributed by atoms with Gasteiger partial charge in [-0.2, -0.15) is 0 Å². The third kappa shape index (κ3) is 3.00. The van der Waals surface area contributed by atoms with Crippen molar-refractivity contribution in [2.45, 2.75) is 31.3 Å². The molecule has 1 saturated carbocycles. The molecule has 1 saturated heterocycles. The molecule has 1 heterocycles. The Morgan fingerprint density at radius 1 is 1.39 bits per heavy atom. The van der Waals surface area contributed by atoms with Crippen molar-refractivity contribution >= 4 is 11.9 Å². The highest BCUT2D eigenvalue weighted by molar-refractivity contribution is 5.81. The lowest BCUT2D eigenvalue weighted by Crippen LogP contribution is -2.46. The molecule has 1 amide bonds. The summed E-state index contributed by atoms with van der Waals surface area (Å²) in [5.74, 6) is -0.999. The fourth-order valence-electron chi connectivity index (χ4n) is 2.37. The highest BCUT2D eigenvalue weighted by atomic mass is 16.5. The Morgan fingerprint density at radius 3 is 2.67 bits per heavy atom. The van der Waals surface area contributed by atoms with E-state index in [2.05, 4.69) is 5.32 Å². The number of carbonyl (C=O) groups excluding carboxylic acids is 1. The van der Waals surface area contributed by atoms with E-state index in [0.717, 1.165) is 12.8 Å². The monoisotopic (exact) mass is 256 g/mol. The van der Waals surface area contributed by atoms with E-state index < -0.39 is 5.97 Å². The molecule has 2 atom stereocenters. The van der Waals surface area contributed by atoms with Crippen LogP contribution in [-0.2, 0) is 14.3 Å². The van der Waals surface area contributed by atoms with Crippen LogP contribution in [0.2, 0.25) is 0 Å². The van der Waals surface area contributed by atoms with Crippen molar-refractivity contribution in [3.05, 3.63) is 0 Å². The van der Waals surface area contributed by atoms with Crippen LogP contribution in [0.25, 0.3) is 0 Å². The van der Waals surface area contributed by atoms with Gasteiger partial charge in [0, 0.05) is 18.6 Å². The van der Waals surface area contributed by atoms with Gasteiger partial charge in [0.15, 0.2) is 0 Å². The van der Waals surface area contributed by atoms with Crippen LogP contribution in [0, 0.1) is 5.92 Å². The summed E-state index contributed by atoms with van der Waals surface area (Å²) in [7, 11) is 1.82. The lowest BCUT2D eigenvalue weighted by atomic mass is 10.0. The summed E-state index contributed by atoms with van der Waals surface area (Å²) in [4.78, 5) is 24.8. The molecule has 1 aliphatic carbocycles. The minimum atomic E-state index is -0.860. The van der Waals surface area contributed by atoms with E-state index in [-0.39, 0.29) is 30.3 Å². The van der Waals surface area contributed by atoms with Crippen LogP contribution < -0.4 is 5.32 Å². The Labute approximate surface area is 106 Å². The summed E-state index contributed by atoms with van der Waals surface area (Å²) in [6.45, 7) is 1.29. The summed E-state index contributed by atoms with van der Waals surface area (Å²) in [6.07, 6.45) is 1.99. The summed E-state index contributed by atoms with van der Waals surface area (Å²) in [5.41, 5.74) is 0. The van der Waals surface area contributed by atoms with Gasteiger partial charge in [-0.15, -0.1) is 0 Å². The highest BCUT2D eigenvalue weighted by Gasteiger charge is 2.40. The number of ether oxygens (including phenoxy) is 1. The number of likely N-dealkylation sites (N-methyl/N-ethyl adjacent to an activating group) is 1. The van der Waals surface area contributed by atoms with Crippen LogP contribution in [0.4, 0.5) is 0 Å². The van der Waals surface area contributed by atoms with E-state index in [4.69, 9.17) is 9.84 Å². The van der Waals surface area contributed by atoms with Gasteiger partial charge in [-0.1, -0.05) is 0 Å². The number of amides is 1. The molecule has 2 fully saturated rings. The number of nitrogens with one attached hydrogen (secondary N) is 1. The Hall–Kier alpha value is -1.14. The Bertz CT molecular complexity index is 330. The summed E-state index contributed by atoms with van der Waals surface area (Å²) < 4.78 is 5.33. The van der Waals surface area contributed by atoms with Gasteiger partial charge in [0.1, 0.15) is 0 Å². The Morgan fingerprint density at radius 2 is 2.11 bits per heavy atom. The second kappa shape index (κ2) is 5.67. The van der Waals surface area contributed by atoms with E-state index in [1.54, 1.807) is 4.90 Å². The number of carbonyl (C=O) groups is 2. The van der Waals surface area contributed by atoms with Gasteiger partial charge in [-0.25, -0.2) is 0 Å². The predicted molar refractivity (Wildman–Crippen MR) is 64.1 cm³/mol. The molecule has 0 radical (unpaired) electrons. The standard InChI is InChI=1S/C12H20N2O4/c1-13-10-7-18-6-9(10)12(17)14(8-2-3-8)5-4-11(15)16/h8-10,13H,2-7H2,1H3,(H,15,16). The van der Waals surface area contributed by atoms with Crippen LogP contribution >= 0.6 is 0 Å². The molecule has 2 rings (SSSR count). The highest BCUT2D eigenvalue weighted by Crippen LogP contribution is 2.29. The molecule has 6 nitrogen and oxygen atoms in total. The molecule has 1 aliphatic heterocycles. The second-order valence-corrected chi connectivity index (χ2v) is 4.95. The van der Waals surface area contributed by atoms with E-state index in [0.29, 0.717) is 19.8 Å². The van der Waals surface area contributed by atoms with Gasteiger partial charge in [-0.05, 0) is 19.9 Å². The smallest absolute Gasteiger partial charge is 0.305 e. The summed E-state index contributed by atoms with van der Waals surface area (Å²) in [6, 6.07) is 0.290. The lowest BCUT2D eigenvalue weighted by molar-refractivity contribution is -0.140. The molecule has 2 unspecified atom stereocenters. The molecule has 0 aromatic rings. The van der Waals surface area contributed by atoms with Crippen LogP contribution in [-0.4, -0.2) is 60.8 Å². The van der Waals surface area contributed by atoms with Crippen molar-refractivity contribution in [1.82, 2.24) is 10.2 Å². The van der Waals surface area contributed by atoms with Crippen molar-refractivity contribution in [1.29, 1.82) is 0 Å². The molecular weight excluding hydrogens is 236 g/mol. The van der Waals surface area contributed by atoms with Crippen molar-refractivity contribution < 1.29 is 19.4 Å². The molecule has 18 heavy (non-hydrogen) atoms. The molecular formula is C12H20N2O4. The number of nitrogens with zero attached hydrogens (tertiary/aromatic N) is 1. The first-order valence-electron chi connectivity index (χ1n) is 6.40. The van der Waals surface area contributed by atoms with E-state index in [1.807, 2.05) is 7.05 Å².